The van der Waals surface area contributed by atoms with Crippen molar-refractivity contribution in [3.63, 3.8) is 0 Å². The van der Waals surface area contributed by atoms with Crippen LogP contribution in [0.1, 0.15) is 31.4 Å². The minimum absolute atomic E-state index is 0.406. The molecule has 0 radical (unpaired) electrons. The lowest BCUT2D eigenvalue weighted by Crippen LogP contribution is -2.48. The monoisotopic (exact) mass is 236 g/mol. The van der Waals surface area contributed by atoms with Crippen molar-refractivity contribution >= 4 is 0 Å². The van der Waals surface area contributed by atoms with Crippen LogP contribution in [0.25, 0.3) is 0 Å². The molecule has 2 bridgehead atoms. The molecule has 4 heteroatoms. The lowest BCUT2D eigenvalue weighted by Gasteiger charge is -2.41. The Hall–Kier alpha value is -1.00. The van der Waals surface area contributed by atoms with Crippen LogP contribution in [0, 0.1) is 5.95 Å². The minimum atomic E-state index is -0.944. The van der Waals surface area contributed by atoms with Crippen LogP contribution in [-0.4, -0.2) is 34.1 Å². The molecule has 2 aliphatic heterocycles. The largest absolute Gasteiger partial charge is 0.383 e. The van der Waals surface area contributed by atoms with E-state index in [1.807, 2.05) is 0 Å². The summed E-state index contributed by atoms with van der Waals surface area (Å²) in [5, 5.41) is 10.7. The fourth-order valence-electron chi connectivity index (χ4n) is 3.32. The normalized spacial score (nSPS) is 37.4. The van der Waals surface area contributed by atoms with Crippen molar-refractivity contribution in [2.75, 3.05) is 7.05 Å². The summed E-state index contributed by atoms with van der Waals surface area (Å²) in [6.07, 6.45) is 3.57. The van der Waals surface area contributed by atoms with E-state index in [1.54, 1.807) is 12.1 Å². The molecule has 0 aliphatic carbocycles. The molecular weight excluding hydrogens is 219 g/mol. The van der Waals surface area contributed by atoms with Crippen LogP contribution < -0.4 is 0 Å². The van der Waals surface area contributed by atoms with Gasteiger partial charge in [-0.05, 0) is 44.9 Å². The number of piperidine rings is 1. The molecule has 3 rings (SSSR count). The summed E-state index contributed by atoms with van der Waals surface area (Å²) in [4.78, 5) is 6.20. The Kier molecular flexibility index (Phi) is 2.45. The summed E-state index contributed by atoms with van der Waals surface area (Å²) in [6, 6.07) is 5.48. The summed E-state index contributed by atoms with van der Waals surface area (Å²) >= 11 is 0. The first-order valence-electron chi connectivity index (χ1n) is 6.16. The van der Waals surface area contributed by atoms with Gasteiger partial charge in [-0.3, -0.25) is 0 Å². The molecular formula is C13H17FN2O. The van der Waals surface area contributed by atoms with Crippen LogP contribution in [0.3, 0.4) is 0 Å². The Bertz CT molecular complexity index is 423. The van der Waals surface area contributed by atoms with Crippen molar-refractivity contribution in [2.24, 2.45) is 0 Å². The van der Waals surface area contributed by atoms with E-state index in [0.717, 1.165) is 12.8 Å². The molecule has 2 unspecified atom stereocenters. The van der Waals surface area contributed by atoms with E-state index in [4.69, 9.17) is 0 Å². The smallest absolute Gasteiger partial charge is 0.213 e. The molecule has 0 saturated carbocycles. The Morgan fingerprint density at radius 1 is 1.35 bits per heavy atom. The van der Waals surface area contributed by atoms with E-state index in [-0.39, 0.29) is 0 Å². The number of aromatic nitrogens is 1. The van der Waals surface area contributed by atoms with Gasteiger partial charge in [0.2, 0.25) is 5.95 Å². The van der Waals surface area contributed by atoms with E-state index in [1.165, 1.54) is 6.07 Å². The highest BCUT2D eigenvalue weighted by molar-refractivity contribution is 5.17. The maximum Gasteiger partial charge on any atom is 0.213 e. The second kappa shape index (κ2) is 3.75. The fraction of sp³-hybridized carbons (Fsp3) is 0.615. The van der Waals surface area contributed by atoms with Crippen LogP contribution in [0.2, 0.25) is 0 Å². The third-order valence-electron chi connectivity index (χ3n) is 4.32. The number of nitrogens with zero attached hydrogens (tertiary/aromatic N) is 2. The zero-order chi connectivity index (χ0) is 12.0. The van der Waals surface area contributed by atoms with Gasteiger partial charge in [0.15, 0.2) is 0 Å². The second-order valence-electron chi connectivity index (χ2n) is 5.34. The number of hydrogen-bond donors (Lipinski definition) is 1. The predicted octanol–water partition coefficient (Wildman–Crippen LogP) is 1.66. The van der Waals surface area contributed by atoms with E-state index in [9.17, 15) is 9.50 Å². The lowest BCUT2D eigenvalue weighted by atomic mass is 9.83. The zero-order valence-corrected chi connectivity index (χ0v) is 9.93. The highest BCUT2D eigenvalue weighted by Crippen LogP contribution is 2.44. The van der Waals surface area contributed by atoms with Crippen molar-refractivity contribution in [1.82, 2.24) is 9.88 Å². The number of aliphatic hydroxyl groups is 1. The fourth-order valence-corrected chi connectivity index (χ4v) is 3.32. The number of halogens is 1. The number of pyridine rings is 1. The third-order valence-corrected chi connectivity index (χ3v) is 4.32. The average molecular weight is 236 g/mol. The lowest BCUT2D eigenvalue weighted by molar-refractivity contribution is -0.0528. The average Bonchev–Trinajstić information content (AvgIpc) is 2.53. The Morgan fingerprint density at radius 2 is 2.00 bits per heavy atom. The molecule has 17 heavy (non-hydrogen) atoms. The Balaban J connectivity index is 1.93. The SMILES string of the molecule is CN1C2CCC1CC(O)(c1cccc(F)n1)C2. The molecule has 2 saturated heterocycles. The quantitative estimate of drug-likeness (QED) is 0.753. The van der Waals surface area contributed by atoms with Crippen LogP contribution in [0.15, 0.2) is 18.2 Å². The summed E-state index contributed by atoms with van der Waals surface area (Å²) in [6.45, 7) is 0. The third kappa shape index (κ3) is 1.76. The van der Waals surface area contributed by atoms with Gasteiger partial charge < -0.3 is 10.0 Å². The van der Waals surface area contributed by atoms with Crippen LogP contribution >= 0.6 is 0 Å². The first-order chi connectivity index (χ1) is 8.08. The maximum absolute atomic E-state index is 13.1. The van der Waals surface area contributed by atoms with E-state index < -0.39 is 11.5 Å². The van der Waals surface area contributed by atoms with Gasteiger partial charge in [0, 0.05) is 12.1 Å². The first-order valence-corrected chi connectivity index (χ1v) is 6.16. The van der Waals surface area contributed by atoms with Crippen molar-refractivity contribution in [1.29, 1.82) is 0 Å². The molecule has 1 aromatic rings. The van der Waals surface area contributed by atoms with E-state index in [2.05, 4.69) is 16.9 Å². The highest BCUT2D eigenvalue weighted by Gasteiger charge is 2.47. The molecule has 3 nitrogen and oxygen atoms in total. The van der Waals surface area contributed by atoms with Gasteiger partial charge in [-0.2, -0.15) is 4.39 Å². The topological polar surface area (TPSA) is 36.4 Å². The number of hydrogen-bond acceptors (Lipinski definition) is 3. The number of rotatable bonds is 1. The van der Waals surface area contributed by atoms with Crippen molar-refractivity contribution in [2.45, 2.75) is 43.4 Å². The van der Waals surface area contributed by atoms with Crippen LogP contribution in [-0.2, 0) is 5.60 Å². The molecule has 1 aromatic heterocycles. The maximum atomic E-state index is 13.1. The van der Waals surface area contributed by atoms with Crippen molar-refractivity contribution in [3.8, 4) is 0 Å². The summed E-state index contributed by atoms with van der Waals surface area (Å²) in [7, 11) is 2.11. The van der Waals surface area contributed by atoms with Crippen LogP contribution in [0.4, 0.5) is 4.39 Å². The van der Waals surface area contributed by atoms with Gasteiger partial charge in [0.05, 0.1) is 5.69 Å². The molecule has 2 aliphatic rings. The Labute approximate surface area is 100 Å². The molecule has 0 spiro atoms. The van der Waals surface area contributed by atoms with E-state index >= 15 is 0 Å². The Morgan fingerprint density at radius 3 is 2.59 bits per heavy atom. The molecule has 2 atom stereocenters. The molecule has 3 heterocycles. The van der Waals surface area contributed by atoms with Gasteiger partial charge in [-0.25, -0.2) is 4.98 Å². The summed E-state index contributed by atoms with van der Waals surface area (Å²) < 4.78 is 13.1. The molecule has 0 aromatic carbocycles. The van der Waals surface area contributed by atoms with Gasteiger partial charge in [0.1, 0.15) is 5.60 Å². The first kappa shape index (κ1) is 11.1. The predicted molar refractivity (Wildman–Crippen MR) is 61.9 cm³/mol. The molecule has 0 amide bonds. The van der Waals surface area contributed by atoms with Gasteiger partial charge in [-0.15, -0.1) is 0 Å². The minimum Gasteiger partial charge on any atom is -0.383 e. The van der Waals surface area contributed by atoms with Gasteiger partial charge in [0.25, 0.3) is 0 Å². The van der Waals surface area contributed by atoms with Crippen molar-refractivity contribution < 1.29 is 9.50 Å². The standard InChI is InChI=1S/C13H17FN2O/c1-16-9-5-6-10(16)8-13(17,7-9)11-3-2-4-12(14)15-11/h2-4,9-10,17H,5-8H2,1H3. The van der Waals surface area contributed by atoms with Crippen LogP contribution in [0.5, 0.6) is 0 Å². The second-order valence-corrected chi connectivity index (χ2v) is 5.34. The van der Waals surface area contributed by atoms with E-state index in [0.29, 0.717) is 30.6 Å². The summed E-state index contributed by atoms with van der Waals surface area (Å²) in [5.74, 6) is -0.512. The molecule has 1 N–H and O–H groups in total. The van der Waals surface area contributed by atoms with Gasteiger partial charge >= 0.3 is 0 Å². The highest BCUT2D eigenvalue weighted by atomic mass is 19.1. The summed E-state index contributed by atoms with van der Waals surface area (Å²) in [5.41, 5.74) is -0.456. The van der Waals surface area contributed by atoms with Crippen molar-refractivity contribution in [3.05, 3.63) is 29.8 Å². The number of fused-ring (bicyclic) bond motifs is 2. The molecule has 2 fully saturated rings. The molecule has 92 valence electrons. The van der Waals surface area contributed by atoms with Gasteiger partial charge in [-0.1, -0.05) is 6.07 Å². The zero-order valence-electron chi connectivity index (χ0n) is 9.93.